The van der Waals surface area contributed by atoms with Gasteiger partial charge in [-0.1, -0.05) is 31.0 Å². The standard InChI is InChI=1S/C25H26FN3O4S/c26-18-11-9-17(10-12-18)23(25(32)28-19-5-1-2-6-19)29(16-20-7-3-13-33-20)22(30)15-27-24(31)21-8-4-14-34-21/h3-4,7-14,19,23H,1-2,5-6,15-16H2,(H,27,31)(H,28,32). The van der Waals surface area contributed by atoms with Crippen molar-refractivity contribution in [3.8, 4) is 0 Å². The molecule has 7 nitrogen and oxygen atoms in total. The highest BCUT2D eigenvalue weighted by Gasteiger charge is 2.34. The second-order valence-corrected chi connectivity index (χ2v) is 9.15. The van der Waals surface area contributed by atoms with Gasteiger partial charge in [0.2, 0.25) is 11.8 Å². The van der Waals surface area contributed by atoms with E-state index in [-0.39, 0.29) is 30.9 Å². The number of halogens is 1. The van der Waals surface area contributed by atoms with E-state index in [1.165, 1.54) is 46.8 Å². The van der Waals surface area contributed by atoms with E-state index >= 15 is 0 Å². The first-order chi connectivity index (χ1) is 16.5. The largest absolute Gasteiger partial charge is 0.467 e. The molecule has 3 amide bonds. The summed E-state index contributed by atoms with van der Waals surface area (Å²) >= 11 is 1.27. The minimum Gasteiger partial charge on any atom is -0.467 e. The SMILES string of the molecule is O=C(NCC(=O)N(Cc1ccco1)C(C(=O)NC1CCCC1)c1ccc(F)cc1)c1cccs1. The molecule has 0 aliphatic heterocycles. The van der Waals surface area contributed by atoms with Crippen LogP contribution in [0.5, 0.6) is 0 Å². The van der Waals surface area contributed by atoms with Gasteiger partial charge < -0.3 is 20.0 Å². The van der Waals surface area contributed by atoms with Crippen LogP contribution in [0.4, 0.5) is 4.39 Å². The summed E-state index contributed by atoms with van der Waals surface area (Å²) in [7, 11) is 0. The molecule has 1 saturated carbocycles. The third-order valence-electron chi connectivity index (χ3n) is 5.82. The normalized spacial score (nSPS) is 14.5. The fourth-order valence-electron chi connectivity index (χ4n) is 4.11. The summed E-state index contributed by atoms with van der Waals surface area (Å²) in [6.07, 6.45) is 5.32. The fourth-order valence-corrected chi connectivity index (χ4v) is 4.75. The molecular formula is C25H26FN3O4S. The number of carbonyl (C=O) groups excluding carboxylic acids is 3. The van der Waals surface area contributed by atoms with E-state index in [1.54, 1.807) is 29.6 Å². The van der Waals surface area contributed by atoms with Gasteiger partial charge in [-0.2, -0.15) is 0 Å². The second kappa shape index (κ2) is 11.1. The highest BCUT2D eigenvalue weighted by Crippen LogP contribution is 2.26. The van der Waals surface area contributed by atoms with Gasteiger partial charge in [0.25, 0.3) is 5.91 Å². The van der Waals surface area contributed by atoms with Crippen LogP contribution in [-0.2, 0) is 16.1 Å². The van der Waals surface area contributed by atoms with Gasteiger partial charge in [0.15, 0.2) is 0 Å². The Morgan fingerprint density at radius 3 is 2.50 bits per heavy atom. The zero-order valence-corrected chi connectivity index (χ0v) is 19.4. The Balaban J connectivity index is 1.60. The van der Waals surface area contributed by atoms with Gasteiger partial charge >= 0.3 is 0 Å². The van der Waals surface area contributed by atoms with Gasteiger partial charge in [0, 0.05) is 6.04 Å². The van der Waals surface area contributed by atoms with Gasteiger partial charge in [0.1, 0.15) is 17.6 Å². The Hall–Kier alpha value is -3.46. The van der Waals surface area contributed by atoms with E-state index in [0.29, 0.717) is 16.2 Å². The van der Waals surface area contributed by atoms with Crippen molar-refractivity contribution in [3.63, 3.8) is 0 Å². The number of amides is 3. The monoisotopic (exact) mass is 483 g/mol. The molecule has 3 aromatic rings. The first-order valence-corrected chi connectivity index (χ1v) is 12.1. The topological polar surface area (TPSA) is 91.7 Å². The predicted molar refractivity (Wildman–Crippen MR) is 125 cm³/mol. The van der Waals surface area contributed by atoms with Crippen LogP contribution in [0.3, 0.4) is 0 Å². The van der Waals surface area contributed by atoms with Crippen LogP contribution in [0.2, 0.25) is 0 Å². The van der Waals surface area contributed by atoms with Crippen LogP contribution < -0.4 is 10.6 Å². The molecule has 0 spiro atoms. The summed E-state index contributed by atoms with van der Waals surface area (Å²) in [5, 5.41) is 7.46. The quantitative estimate of drug-likeness (QED) is 0.481. The Bertz CT molecular complexity index is 1090. The summed E-state index contributed by atoms with van der Waals surface area (Å²) in [6, 6.07) is 11.4. The van der Waals surface area contributed by atoms with Crippen LogP contribution in [0, 0.1) is 5.82 Å². The van der Waals surface area contributed by atoms with Gasteiger partial charge in [-0.05, 0) is 54.1 Å². The smallest absolute Gasteiger partial charge is 0.261 e. The maximum Gasteiger partial charge on any atom is 0.261 e. The maximum absolute atomic E-state index is 13.6. The Morgan fingerprint density at radius 2 is 1.85 bits per heavy atom. The van der Waals surface area contributed by atoms with Crippen LogP contribution in [0.15, 0.2) is 64.6 Å². The second-order valence-electron chi connectivity index (χ2n) is 8.21. The number of carbonyl (C=O) groups is 3. The van der Waals surface area contributed by atoms with E-state index in [4.69, 9.17) is 4.42 Å². The number of hydrogen-bond acceptors (Lipinski definition) is 5. The van der Waals surface area contributed by atoms with Crippen molar-refractivity contribution in [3.05, 3.63) is 82.2 Å². The molecule has 2 heterocycles. The molecule has 9 heteroatoms. The van der Waals surface area contributed by atoms with Crippen molar-refractivity contribution >= 4 is 29.1 Å². The molecule has 1 aliphatic carbocycles. The molecule has 1 fully saturated rings. The number of nitrogens with zero attached hydrogens (tertiary/aromatic N) is 1. The summed E-state index contributed by atoms with van der Waals surface area (Å²) in [6.45, 7) is -0.285. The number of hydrogen-bond donors (Lipinski definition) is 2. The van der Waals surface area contributed by atoms with Crippen LogP contribution >= 0.6 is 11.3 Å². The van der Waals surface area contributed by atoms with Crippen molar-refractivity contribution < 1.29 is 23.2 Å². The molecule has 1 unspecified atom stereocenters. The Kier molecular flexibility index (Phi) is 7.74. The summed E-state index contributed by atoms with van der Waals surface area (Å²) in [5.41, 5.74) is 0.474. The average Bonchev–Trinajstić information content (AvgIpc) is 3.62. The van der Waals surface area contributed by atoms with Gasteiger partial charge in [-0.3, -0.25) is 14.4 Å². The molecule has 1 atom stereocenters. The van der Waals surface area contributed by atoms with E-state index in [0.717, 1.165) is 25.7 Å². The van der Waals surface area contributed by atoms with Crippen molar-refractivity contribution in [2.45, 2.75) is 44.3 Å². The molecular weight excluding hydrogens is 457 g/mol. The summed E-state index contributed by atoms with van der Waals surface area (Å²) in [5.74, 6) is -1.13. The van der Waals surface area contributed by atoms with Crippen molar-refractivity contribution in [1.29, 1.82) is 0 Å². The fraction of sp³-hybridized carbons (Fsp3) is 0.320. The van der Waals surface area contributed by atoms with E-state index in [9.17, 15) is 18.8 Å². The molecule has 0 radical (unpaired) electrons. The highest BCUT2D eigenvalue weighted by atomic mass is 32.1. The molecule has 2 N–H and O–H groups in total. The van der Waals surface area contributed by atoms with Crippen LogP contribution in [-0.4, -0.2) is 35.2 Å². The van der Waals surface area contributed by atoms with Crippen molar-refractivity contribution in [2.75, 3.05) is 6.54 Å². The predicted octanol–water partition coefficient (Wildman–Crippen LogP) is 4.04. The molecule has 1 aliphatic rings. The minimum atomic E-state index is -1.02. The van der Waals surface area contributed by atoms with Gasteiger partial charge in [-0.25, -0.2) is 4.39 Å². The molecule has 0 saturated heterocycles. The molecule has 1 aromatic carbocycles. The lowest BCUT2D eigenvalue weighted by molar-refractivity contribution is -0.141. The van der Waals surface area contributed by atoms with Gasteiger partial charge in [-0.15, -0.1) is 11.3 Å². The zero-order chi connectivity index (χ0) is 23.9. The average molecular weight is 484 g/mol. The number of rotatable bonds is 9. The third-order valence-corrected chi connectivity index (χ3v) is 6.69. The Labute approximate surface area is 200 Å². The van der Waals surface area contributed by atoms with Crippen LogP contribution in [0.1, 0.15) is 52.7 Å². The lowest BCUT2D eigenvalue weighted by atomic mass is 10.0. The van der Waals surface area contributed by atoms with E-state index in [1.807, 2.05) is 0 Å². The van der Waals surface area contributed by atoms with Gasteiger partial charge in [0.05, 0.1) is 24.2 Å². The van der Waals surface area contributed by atoms with Crippen molar-refractivity contribution in [1.82, 2.24) is 15.5 Å². The van der Waals surface area contributed by atoms with E-state index < -0.39 is 17.8 Å². The number of nitrogens with one attached hydrogen (secondary N) is 2. The number of thiophene rings is 1. The Morgan fingerprint density at radius 1 is 1.09 bits per heavy atom. The molecule has 0 bridgehead atoms. The first kappa shape index (κ1) is 23.7. The molecule has 178 valence electrons. The maximum atomic E-state index is 13.6. The summed E-state index contributed by atoms with van der Waals surface area (Å²) < 4.78 is 19.1. The minimum absolute atomic E-state index is 0.0147. The number of furan rings is 1. The third kappa shape index (κ3) is 5.91. The molecule has 2 aromatic heterocycles. The first-order valence-electron chi connectivity index (χ1n) is 11.2. The molecule has 34 heavy (non-hydrogen) atoms. The van der Waals surface area contributed by atoms with E-state index in [2.05, 4.69) is 10.6 Å². The lowest BCUT2D eigenvalue weighted by Crippen LogP contribution is -2.48. The highest BCUT2D eigenvalue weighted by molar-refractivity contribution is 7.12. The summed E-state index contributed by atoms with van der Waals surface area (Å²) in [4.78, 5) is 41.1. The molecule has 4 rings (SSSR count). The van der Waals surface area contributed by atoms with Crippen molar-refractivity contribution in [2.24, 2.45) is 0 Å². The number of benzene rings is 1. The lowest BCUT2D eigenvalue weighted by Gasteiger charge is -2.32. The van der Waals surface area contributed by atoms with Crippen LogP contribution in [0.25, 0.3) is 0 Å². The zero-order valence-electron chi connectivity index (χ0n) is 18.5.